The van der Waals surface area contributed by atoms with Crippen LogP contribution in [0.4, 0.5) is 0 Å². The van der Waals surface area contributed by atoms with Gasteiger partial charge in [-0.15, -0.1) is 11.6 Å². The van der Waals surface area contributed by atoms with Crippen molar-refractivity contribution in [3.8, 4) is 0 Å². The molecule has 0 bridgehead atoms. The second kappa shape index (κ2) is 22.2. The van der Waals surface area contributed by atoms with Crippen LogP contribution in [0.15, 0.2) is 72.8 Å². The van der Waals surface area contributed by atoms with E-state index in [9.17, 15) is 0 Å². The molecule has 2 unspecified atom stereocenters. The van der Waals surface area contributed by atoms with Crippen molar-refractivity contribution in [2.75, 3.05) is 0 Å². The third-order valence-corrected chi connectivity index (χ3v) is 5.03. The summed E-state index contributed by atoms with van der Waals surface area (Å²) in [5.74, 6) is 1.01. The molecule has 0 saturated carbocycles. The first-order valence-corrected chi connectivity index (χ1v) is 9.07. The van der Waals surface area contributed by atoms with E-state index in [0.717, 1.165) is 6.42 Å². The van der Waals surface area contributed by atoms with E-state index >= 15 is 0 Å². The first kappa shape index (κ1) is 45.0. The van der Waals surface area contributed by atoms with Crippen LogP contribution in [0.5, 0.6) is 0 Å². The molecule has 1 heteroatoms. The summed E-state index contributed by atoms with van der Waals surface area (Å²) >= 11 is 0. The Hall–Kier alpha value is -1.60. The van der Waals surface area contributed by atoms with Crippen LogP contribution in [0.1, 0.15) is 53.0 Å². The molecule has 3 aromatic carbocycles. The Morgan fingerprint density at radius 3 is 1.79 bits per heavy atom. The summed E-state index contributed by atoms with van der Waals surface area (Å²) in [7, 11) is 0. The Labute approximate surface area is 228 Å². The van der Waals surface area contributed by atoms with Gasteiger partial charge in [0.15, 0.2) is 0 Å². The van der Waals surface area contributed by atoms with Crippen LogP contribution in [0, 0.1) is 71.9 Å². The minimum Gasteiger partial charge on any atom is -0.358 e. The number of hydrogen-bond donors (Lipinski definition) is 0. The van der Waals surface area contributed by atoms with Crippen LogP contribution >= 0.6 is 0 Å². The molecule has 0 N–H and O–H groups in total. The Balaban J connectivity index is -0.000000126. The fraction of sp³-hybridized carbons (Fsp3) is 0.188. The van der Waals surface area contributed by atoms with Crippen LogP contribution < -0.4 is 0 Å². The number of allylic oxidation sites excluding steroid dienone is 1. The van der Waals surface area contributed by atoms with Crippen molar-refractivity contribution in [2.24, 2.45) is 0 Å². The number of hydrogen-bond acceptors (Lipinski definition) is 0. The summed E-state index contributed by atoms with van der Waals surface area (Å²) in [4.78, 5) is 0. The standard InChI is InChI=1S/C20H21.C5H5.7CH3.Hf/c1-14-11-18-9-10-19(20(18)13-15(14)2)12-16(3)17-7-5-4-6-8-17;1-2-4-5-3-1;;;;;;;;/h4-9,11,13,16,19H,12H2,1-3H3;1-5H;7*1H3;/q9*-1;. The van der Waals surface area contributed by atoms with E-state index in [0.29, 0.717) is 11.8 Å². The zero-order valence-electron chi connectivity index (χ0n) is 22.9. The predicted molar refractivity (Wildman–Crippen MR) is 153 cm³/mol. The molecular weight excluding hydrogens is 563 g/mol. The average molecular weight is 610 g/mol. The quantitative estimate of drug-likeness (QED) is 0.205. The first-order valence-electron chi connectivity index (χ1n) is 9.07. The predicted octanol–water partition coefficient (Wildman–Crippen LogP) is 9.97. The maximum Gasteiger partial charge on any atom is 0 e. The smallest absolute Gasteiger partial charge is 0 e. The molecule has 1 aliphatic carbocycles. The van der Waals surface area contributed by atoms with Gasteiger partial charge in [0.05, 0.1) is 0 Å². The molecule has 0 spiro atoms. The molecule has 0 aliphatic heterocycles. The molecule has 4 rings (SSSR count). The fourth-order valence-electron chi connectivity index (χ4n) is 3.35. The summed E-state index contributed by atoms with van der Waals surface area (Å²) in [6.07, 6.45) is 6.86. The molecule has 2 atom stereocenters. The topological polar surface area (TPSA) is 0 Å². The van der Waals surface area contributed by atoms with Crippen molar-refractivity contribution in [1.29, 1.82) is 0 Å². The molecule has 0 amide bonds. The summed E-state index contributed by atoms with van der Waals surface area (Å²) in [6.45, 7) is 6.70. The van der Waals surface area contributed by atoms with Gasteiger partial charge in [0.2, 0.25) is 0 Å². The van der Waals surface area contributed by atoms with Gasteiger partial charge < -0.3 is 52.0 Å². The van der Waals surface area contributed by atoms with E-state index in [4.69, 9.17) is 0 Å². The largest absolute Gasteiger partial charge is 0.358 e. The molecule has 0 fully saturated rings. The molecule has 0 nitrogen and oxygen atoms in total. The van der Waals surface area contributed by atoms with Gasteiger partial charge in [0.25, 0.3) is 0 Å². The van der Waals surface area contributed by atoms with E-state index in [-0.39, 0.29) is 77.8 Å². The van der Waals surface area contributed by atoms with Gasteiger partial charge in [-0.3, -0.25) is 6.08 Å². The second-order valence-electron chi connectivity index (χ2n) is 6.94. The number of benzene rings is 2. The van der Waals surface area contributed by atoms with Crippen molar-refractivity contribution < 1.29 is 25.8 Å². The van der Waals surface area contributed by atoms with Crippen LogP contribution in [-0.4, -0.2) is 0 Å². The van der Waals surface area contributed by atoms with Gasteiger partial charge >= 0.3 is 0 Å². The maximum absolute atomic E-state index is 3.55. The van der Waals surface area contributed by atoms with Crippen molar-refractivity contribution in [3.05, 3.63) is 159 Å². The van der Waals surface area contributed by atoms with E-state index < -0.39 is 0 Å². The molecule has 3 aromatic rings. The molecule has 33 heavy (non-hydrogen) atoms. The van der Waals surface area contributed by atoms with Crippen molar-refractivity contribution >= 4 is 6.08 Å². The third-order valence-electron chi connectivity index (χ3n) is 5.03. The van der Waals surface area contributed by atoms with Gasteiger partial charge in [-0.2, -0.15) is 23.8 Å². The maximum atomic E-state index is 3.55. The van der Waals surface area contributed by atoms with Gasteiger partial charge in [0, 0.05) is 25.8 Å². The van der Waals surface area contributed by atoms with Crippen LogP contribution in [0.3, 0.4) is 0 Å². The average Bonchev–Trinajstić information content (AvgIpc) is 3.31. The molecule has 1 aliphatic rings. The Bertz CT molecular complexity index is 796. The summed E-state index contributed by atoms with van der Waals surface area (Å²) in [6, 6.07) is 25.4. The number of fused-ring (bicyclic) bond motifs is 1. The normalized spacial score (nSPS) is 12.2. The second-order valence-corrected chi connectivity index (χ2v) is 6.94. The van der Waals surface area contributed by atoms with Crippen LogP contribution in [-0.2, 0) is 25.8 Å². The van der Waals surface area contributed by atoms with E-state index in [1.807, 2.05) is 30.3 Å². The molecule has 0 saturated heterocycles. The van der Waals surface area contributed by atoms with Crippen LogP contribution in [0.25, 0.3) is 6.08 Å². The summed E-state index contributed by atoms with van der Waals surface area (Å²) in [5, 5.41) is 0. The molecule has 0 heterocycles. The zero-order chi connectivity index (χ0) is 17.6. The zero-order valence-corrected chi connectivity index (χ0v) is 26.5. The number of rotatable bonds is 3. The van der Waals surface area contributed by atoms with E-state index in [1.165, 1.54) is 27.8 Å². The van der Waals surface area contributed by atoms with Gasteiger partial charge in [0.1, 0.15) is 0 Å². The monoisotopic (exact) mass is 611 g/mol. The fourth-order valence-corrected chi connectivity index (χ4v) is 3.35. The SMILES string of the molecule is Cc1cc2c(cc1C)C(CC(C)c1ccccc1)[C-]=C2.[CH3-].[CH3-].[CH3-].[CH3-].[CH3-].[CH3-].[CH3-].[Hf].c1cc[cH-]c1. The summed E-state index contributed by atoms with van der Waals surface area (Å²) in [5.41, 5.74) is 7.00. The van der Waals surface area contributed by atoms with Crippen molar-refractivity contribution in [1.82, 2.24) is 0 Å². The minimum absolute atomic E-state index is 0. The van der Waals surface area contributed by atoms with Crippen LogP contribution in [0.2, 0.25) is 0 Å². The number of aryl methyl sites for hydroxylation is 2. The van der Waals surface area contributed by atoms with Crippen molar-refractivity contribution in [2.45, 2.75) is 39.0 Å². The van der Waals surface area contributed by atoms with Gasteiger partial charge in [-0.25, -0.2) is 18.2 Å². The molecule has 0 aromatic heterocycles. The minimum atomic E-state index is 0. The first-order chi connectivity index (χ1) is 12.1. The van der Waals surface area contributed by atoms with E-state index in [1.54, 1.807) is 0 Å². The van der Waals surface area contributed by atoms with Gasteiger partial charge in [-0.05, 0) is 25.3 Å². The molecular formula is C32H47Hf-9. The van der Waals surface area contributed by atoms with Gasteiger partial charge in [-0.1, -0.05) is 66.8 Å². The van der Waals surface area contributed by atoms with E-state index in [2.05, 4.69) is 75.4 Å². The molecule has 0 radical (unpaired) electrons. The summed E-state index contributed by atoms with van der Waals surface area (Å²) < 4.78 is 0. The Morgan fingerprint density at radius 2 is 1.30 bits per heavy atom. The third kappa shape index (κ3) is 12.4. The Morgan fingerprint density at radius 1 is 0.788 bits per heavy atom. The molecule has 188 valence electrons. The van der Waals surface area contributed by atoms with Crippen molar-refractivity contribution in [3.63, 3.8) is 0 Å². The Kier molecular flexibility index (Phi) is 30.3.